The molecule has 2 rings (SSSR count). The molecule has 0 saturated carbocycles. The largest absolute Gasteiger partial charge is 0.407 e. The molecule has 0 amide bonds. The number of anilines is 1. The first-order valence-corrected chi connectivity index (χ1v) is 5.61. The van der Waals surface area contributed by atoms with Crippen LogP contribution >= 0.6 is 11.6 Å². The third-order valence-corrected chi connectivity index (χ3v) is 2.94. The number of piperidine rings is 1. The summed E-state index contributed by atoms with van der Waals surface area (Å²) in [6, 6.07) is 0.544. The fraction of sp³-hybridized carbons (Fsp3) is 0.778. The van der Waals surface area contributed by atoms with Gasteiger partial charge in [0.15, 0.2) is 0 Å². The minimum Gasteiger partial charge on any atom is -0.407 e. The van der Waals surface area contributed by atoms with Crippen molar-refractivity contribution in [2.45, 2.75) is 18.7 Å². The van der Waals surface area contributed by atoms with Gasteiger partial charge in [0.25, 0.3) is 0 Å². The molecule has 1 aliphatic rings. The molecule has 1 fully saturated rings. The van der Waals surface area contributed by atoms with Gasteiger partial charge in [0.1, 0.15) is 5.88 Å². The lowest BCUT2D eigenvalue weighted by molar-refractivity contribution is 0.201. The predicted molar refractivity (Wildman–Crippen MR) is 55.9 cm³/mol. The van der Waals surface area contributed by atoms with Gasteiger partial charge in [0.2, 0.25) is 5.89 Å². The molecule has 1 aromatic heterocycles. The van der Waals surface area contributed by atoms with E-state index in [1.54, 1.807) is 0 Å². The van der Waals surface area contributed by atoms with Gasteiger partial charge in [-0.2, -0.15) is 0 Å². The molecule has 6 heteroatoms. The van der Waals surface area contributed by atoms with E-state index in [0.717, 1.165) is 25.9 Å². The van der Waals surface area contributed by atoms with Crippen molar-refractivity contribution in [2.24, 2.45) is 5.92 Å². The van der Waals surface area contributed by atoms with Gasteiger partial charge in [-0.1, -0.05) is 5.10 Å². The van der Waals surface area contributed by atoms with Crippen molar-refractivity contribution in [1.29, 1.82) is 0 Å². The standard InChI is InChI=1S/C9H14ClN3O2/c10-5-8-11-12-9(15-8)13-3-1-7(6-14)2-4-13/h7,14H,1-6H2. The Bertz CT molecular complexity index is 310. The van der Waals surface area contributed by atoms with Crippen molar-refractivity contribution in [3.8, 4) is 0 Å². The molecular weight excluding hydrogens is 218 g/mol. The second-order valence-electron chi connectivity index (χ2n) is 3.73. The molecule has 0 bridgehead atoms. The highest BCUT2D eigenvalue weighted by atomic mass is 35.5. The van der Waals surface area contributed by atoms with Crippen molar-refractivity contribution in [3.05, 3.63) is 5.89 Å². The Labute approximate surface area is 93.0 Å². The molecule has 0 atom stereocenters. The van der Waals surface area contributed by atoms with Crippen LogP contribution in [0.15, 0.2) is 4.42 Å². The molecule has 0 unspecified atom stereocenters. The molecule has 5 nitrogen and oxygen atoms in total. The lowest BCUT2D eigenvalue weighted by atomic mass is 9.98. The molecule has 0 spiro atoms. The smallest absolute Gasteiger partial charge is 0.318 e. The number of hydrogen-bond donors (Lipinski definition) is 1. The van der Waals surface area contributed by atoms with Gasteiger partial charge in [-0.3, -0.25) is 0 Å². The van der Waals surface area contributed by atoms with E-state index >= 15 is 0 Å². The van der Waals surface area contributed by atoms with E-state index in [0.29, 0.717) is 17.8 Å². The van der Waals surface area contributed by atoms with E-state index in [4.69, 9.17) is 21.1 Å². The van der Waals surface area contributed by atoms with Gasteiger partial charge in [0, 0.05) is 19.7 Å². The maximum absolute atomic E-state index is 9.00. The van der Waals surface area contributed by atoms with Crippen molar-refractivity contribution in [3.63, 3.8) is 0 Å². The van der Waals surface area contributed by atoms with Gasteiger partial charge < -0.3 is 14.4 Å². The first-order valence-electron chi connectivity index (χ1n) is 5.07. The Morgan fingerprint density at radius 2 is 2.13 bits per heavy atom. The Morgan fingerprint density at radius 3 is 2.67 bits per heavy atom. The fourth-order valence-corrected chi connectivity index (χ4v) is 1.84. The topological polar surface area (TPSA) is 62.4 Å². The summed E-state index contributed by atoms with van der Waals surface area (Å²) in [5.74, 6) is 1.12. The van der Waals surface area contributed by atoms with Gasteiger partial charge in [-0.25, -0.2) is 0 Å². The summed E-state index contributed by atoms with van der Waals surface area (Å²) in [5, 5.41) is 16.7. The van der Waals surface area contributed by atoms with Crippen LogP contribution in [-0.2, 0) is 5.88 Å². The van der Waals surface area contributed by atoms with Crippen molar-refractivity contribution < 1.29 is 9.52 Å². The number of aromatic nitrogens is 2. The summed E-state index contributed by atoms with van der Waals surface area (Å²) in [6.45, 7) is 1.98. The monoisotopic (exact) mass is 231 g/mol. The van der Waals surface area contributed by atoms with E-state index in [1.165, 1.54) is 0 Å². The molecule has 1 N–H and O–H groups in total. The fourth-order valence-electron chi connectivity index (χ4n) is 1.73. The number of hydrogen-bond acceptors (Lipinski definition) is 5. The third-order valence-electron chi connectivity index (χ3n) is 2.71. The Kier molecular flexibility index (Phi) is 3.43. The van der Waals surface area contributed by atoms with E-state index < -0.39 is 0 Å². The maximum Gasteiger partial charge on any atom is 0.318 e. The SMILES string of the molecule is OCC1CCN(c2nnc(CCl)o2)CC1. The Balaban J connectivity index is 1.95. The lowest BCUT2D eigenvalue weighted by Gasteiger charge is -2.29. The first kappa shape index (κ1) is 10.7. The van der Waals surface area contributed by atoms with Crippen LogP contribution in [-0.4, -0.2) is 35.0 Å². The van der Waals surface area contributed by atoms with Crippen molar-refractivity contribution in [2.75, 3.05) is 24.6 Å². The average Bonchev–Trinajstić information content (AvgIpc) is 2.78. The van der Waals surface area contributed by atoms with Crippen LogP contribution in [0.2, 0.25) is 0 Å². The molecule has 2 heterocycles. The summed E-state index contributed by atoms with van der Waals surface area (Å²) in [5.41, 5.74) is 0. The number of halogens is 1. The quantitative estimate of drug-likeness (QED) is 0.787. The van der Waals surface area contributed by atoms with Crippen LogP contribution in [0.3, 0.4) is 0 Å². The van der Waals surface area contributed by atoms with E-state index in [1.807, 2.05) is 4.90 Å². The van der Waals surface area contributed by atoms with Crippen LogP contribution in [0.4, 0.5) is 6.01 Å². The summed E-state index contributed by atoms with van der Waals surface area (Å²) >= 11 is 5.58. The number of alkyl halides is 1. The minimum absolute atomic E-state index is 0.250. The first-order chi connectivity index (χ1) is 7.33. The third kappa shape index (κ3) is 2.41. The second-order valence-corrected chi connectivity index (χ2v) is 3.99. The van der Waals surface area contributed by atoms with E-state index in [9.17, 15) is 0 Å². The van der Waals surface area contributed by atoms with Crippen LogP contribution < -0.4 is 4.90 Å². The number of nitrogens with zero attached hydrogens (tertiary/aromatic N) is 3. The molecule has 1 saturated heterocycles. The highest BCUT2D eigenvalue weighted by Crippen LogP contribution is 2.22. The van der Waals surface area contributed by atoms with Gasteiger partial charge in [-0.15, -0.1) is 16.7 Å². The van der Waals surface area contributed by atoms with Gasteiger partial charge in [0.05, 0.1) is 0 Å². The zero-order valence-corrected chi connectivity index (χ0v) is 9.15. The van der Waals surface area contributed by atoms with Gasteiger partial charge in [-0.05, 0) is 18.8 Å². The van der Waals surface area contributed by atoms with E-state index in [-0.39, 0.29) is 12.5 Å². The molecule has 0 aliphatic carbocycles. The summed E-state index contributed by atoms with van der Waals surface area (Å²) < 4.78 is 5.35. The molecule has 0 radical (unpaired) electrons. The zero-order chi connectivity index (χ0) is 10.7. The number of aliphatic hydroxyl groups is 1. The zero-order valence-electron chi connectivity index (χ0n) is 8.40. The second kappa shape index (κ2) is 4.81. The maximum atomic E-state index is 9.00. The highest BCUT2D eigenvalue weighted by molar-refractivity contribution is 6.16. The van der Waals surface area contributed by atoms with Crippen LogP contribution in [0.1, 0.15) is 18.7 Å². The number of aliphatic hydroxyl groups excluding tert-OH is 1. The number of rotatable bonds is 3. The minimum atomic E-state index is 0.250. The Hall–Kier alpha value is -0.810. The molecule has 1 aromatic rings. The molecule has 1 aliphatic heterocycles. The lowest BCUT2D eigenvalue weighted by Crippen LogP contribution is -2.34. The highest BCUT2D eigenvalue weighted by Gasteiger charge is 2.22. The normalized spacial score (nSPS) is 18.4. The molecule has 84 valence electrons. The van der Waals surface area contributed by atoms with Crippen LogP contribution in [0.25, 0.3) is 0 Å². The summed E-state index contributed by atoms with van der Waals surface area (Å²) in [4.78, 5) is 2.04. The molecule has 0 aromatic carbocycles. The van der Waals surface area contributed by atoms with Crippen molar-refractivity contribution >= 4 is 17.6 Å². The summed E-state index contributed by atoms with van der Waals surface area (Å²) in [6.07, 6.45) is 1.93. The predicted octanol–water partition coefficient (Wildman–Crippen LogP) is 1.02. The van der Waals surface area contributed by atoms with E-state index in [2.05, 4.69) is 10.2 Å². The van der Waals surface area contributed by atoms with Crippen molar-refractivity contribution in [1.82, 2.24) is 10.2 Å². The Morgan fingerprint density at radius 1 is 1.40 bits per heavy atom. The van der Waals surface area contributed by atoms with Gasteiger partial charge >= 0.3 is 6.01 Å². The van der Waals surface area contributed by atoms with Crippen LogP contribution in [0, 0.1) is 5.92 Å². The van der Waals surface area contributed by atoms with Crippen LogP contribution in [0.5, 0.6) is 0 Å². The molecular formula is C9H14ClN3O2. The summed E-state index contributed by atoms with van der Waals surface area (Å²) in [7, 11) is 0. The average molecular weight is 232 g/mol. The molecule has 15 heavy (non-hydrogen) atoms.